The van der Waals surface area contributed by atoms with E-state index >= 15 is 0 Å². The normalized spacial score (nSPS) is 11.6. The molecule has 23 heavy (non-hydrogen) atoms. The fraction of sp³-hybridized carbons (Fsp3) is 0.0625. The molecule has 0 aliphatic heterocycles. The number of carbonyl (C=O) groups is 1. The summed E-state index contributed by atoms with van der Waals surface area (Å²) in [5, 5.41) is 9.49. The van der Waals surface area contributed by atoms with Gasteiger partial charge in [0.15, 0.2) is 0 Å². The van der Waals surface area contributed by atoms with Gasteiger partial charge in [0.1, 0.15) is 11.3 Å². The Morgan fingerprint density at radius 3 is 2.48 bits per heavy atom. The maximum Gasteiger partial charge on any atom is 0.573 e. The Morgan fingerprint density at radius 2 is 1.78 bits per heavy atom. The summed E-state index contributed by atoms with van der Waals surface area (Å²) in [4.78, 5) is 10.9. The maximum absolute atomic E-state index is 12.3. The molecule has 0 aliphatic carbocycles. The van der Waals surface area contributed by atoms with Crippen LogP contribution in [0.4, 0.5) is 13.2 Å². The Hall–Kier alpha value is -2.96. The Kier molecular flexibility index (Phi) is 3.48. The molecule has 0 unspecified atom stereocenters. The predicted octanol–water partition coefficient (Wildman–Crippen LogP) is 4.70. The zero-order valence-electron chi connectivity index (χ0n) is 11.4. The van der Waals surface area contributed by atoms with Crippen molar-refractivity contribution in [3.05, 3.63) is 54.3 Å². The van der Waals surface area contributed by atoms with Crippen LogP contribution in [0.15, 0.2) is 52.9 Å². The highest BCUT2D eigenvalue weighted by atomic mass is 19.4. The number of fused-ring (bicyclic) bond motifs is 1. The second-order valence-corrected chi connectivity index (χ2v) is 4.74. The first kappa shape index (κ1) is 15.0. The van der Waals surface area contributed by atoms with E-state index < -0.39 is 12.3 Å². The second-order valence-electron chi connectivity index (χ2n) is 4.74. The molecule has 3 rings (SSSR count). The molecular weight excluding hydrogens is 313 g/mol. The number of benzene rings is 2. The number of carboxylic acids is 1. The lowest BCUT2D eigenvalue weighted by atomic mass is 10.0. The Labute approximate surface area is 127 Å². The smallest absolute Gasteiger partial charge is 0.475 e. The van der Waals surface area contributed by atoms with Gasteiger partial charge < -0.3 is 14.3 Å². The van der Waals surface area contributed by atoms with Gasteiger partial charge in [-0.05, 0) is 35.4 Å². The van der Waals surface area contributed by atoms with Crippen molar-refractivity contribution in [1.29, 1.82) is 0 Å². The molecule has 0 bridgehead atoms. The summed E-state index contributed by atoms with van der Waals surface area (Å²) in [6.07, 6.45) is -4.76. The van der Waals surface area contributed by atoms with Gasteiger partial charge in [-0.2, -0.15) is 0 Å². The Balaban J connectivity index is 1.99. The number of carboxylic acid groups (broad SMARTS) is 1. The van der Waals surface area contributed by atoms with Crippen LogP contribution in [0.5, 0.6) is 5.75 Å². The quantitative estimate of drug-likeness (QED) is 0.759. The highest BCUT2D eigenvalue weighted by molar-refractivity contribution is 5.92. The largest absolute Gasteiger partial charge is 0.573 e. The molecule has 1 heterocycles. The van der Waals surface area contributed by atoms with E-state index in [1.807, 2.05) is 0 Å². The molecule has 1 N–H and O–H groups in total. The van der Waals surface area contributed by atoms with Crippen LogP contribution in [0, 0.1) is 0 Å². The van der Waals surface area contributed by atoms with Crippen molar-refractivity contribution in [2.45, 2.75) is 6.36 Å². The zero-order valence-corrected chi connectivity index (χ0v) is 11.4. The minimum absolute atomic E-state index is 0.202. The standard InChI is InChI=1S/C16H9F3O4/c17-16(18,19)23-12-3-1-2-9(6-12)10-4-5-11-8-14(15(20)21)22-13(11)7-10/h1-8H,(H,20,21). The van der Waals surface area contributed by atoms with E-state index in [1.165, 1.54) is 24.3 Å². The number of hydrogen-bond donors (Lipinski definition) is 1. The van der Waals surface area contributed by atoms with E-state index in [1.54, 1.807) is 24.3 Å². The summed E-state index contributed by atoms with van der Waals surface area (Å²) in [5.74, 6) is -1.73. The van der Waals surface area contributed by atoms with Crippen LogP contribution < -0.4 is 4.74 Å². The molecule has 0 spiro atoms. The van der Waals surface area contributed by atoms with E-state index in [2.05, 4.69) is 4.74 Å². The summed E-state index contributed by atoms with van der Waals surface area (Å²) in [6.45, 7) is 0. The highest BCUT2D eigenvalue weighted by Gasteiger charge is 2.31. The molecule has 3 aromatic rings. The third kappa shape index (κ3) is 3.28. The molecule has 4 nitrogen and oxygen atoms in total. The van der Waals surface area contributed by atoms with Crippen molar-refractivity contribution >= 4 is 16.9 Å². The van der Waals surface area contributed by atoms with E-state index in [0.29, 0.717) is 22.1 Å². The van der Waals surface area contributed by atoms with Crippen LogP contribution in [-0.2, 0) is 0 Å². The first-order chi connectivity index (χ1) is 10.8. The van der Waals surface area contributed by atoms with Crippen molar-refractivity contribution in [3.8, 4) is 16.9 Å². The average Bonchev–Trinajstić information content (AvgIpc) is 2.89. The van der Waals surface area contributed by atoms with Crippen molar-refractivity contribution in [1.82, 2.24) is 0 Å². The van der Waals surface area contributed by atoms with Gasteiger partial charge >= 0.3 is 12.3 Å². The van der Waals surface area contributed by atoms with E-state index in [0.717, 1.165) is 0 Å². The van der Waals surface area contributed by atoms with Gasteiger partial charge in [-0.25, -0.2) is 4.79 Å². The molecule has 0 saturated carbocycles. The number of hydrogen-bond acceptors (Lipinski definition) is 3. The predicted molar refractivity (Wildman–Crippen MR) is 75.3 cm³/mol. The Morgan fingerprint density at radius 1 is 1.04 bits per heavy atom. The van der Waals surface area contributed by atoms with Crippen molar-refractivity contribution in [3.63, 3.8) is 0 Å². The summed E-state index contributed by atoms with van der Waals surface area (Å²) >= 11 is 0. The number of halogens is 3. The molecule has 0 radical (unpaired) electrons. The topological polar surface area (TPSA) is 59.7 Å². The number of aromatic carboxylic acids is 1. The van der Waals surface area contributed by atoms with Gasteiger partial charge in [0.25, 0.3) is 0 Å². The molecule has 0 saturated heterocycles. The molecule has 0 fully saturated rings. The zero-order chi connectivity index (χ0) is 16.6. The van der Waals surface area contributed by atoms with E-state index in [4.69, 9.17) is 9.52 Å². The SMILES string of the molecule is O=C(O)c1cc2ccc(-c3cccc(OC(F)(F)F)c3)cc2o1. The fourth-order valence-corrected chi connectivity index (χ4v) is 2.19. The monoisotopic (exact) mass is 322 g/mol. The first-order valence-electron chi connectivity index (χ1n) is 6.45. The fourth-order valence-electron chi connectivity index (χ4n) is 2.19. The molecule has 118 valence electrons. The minimum Gasteiger partial charge on any atom is -0.475 e. The lowest BCUT2D eigenvalue weighted by Crippen LogP contribution is -2.17. The minimum atomic E-state index is -4.76. The highest BCUT2D eigenvalue weighted by Crippen LogP contribution is 2.30. The third-order valence-electron chi connectivity index (χ3n) is 3.13. The number of alkyl halides is 3. The van der Waals surface area contributed by atoms with Crippen LogP contribution >= 0.6 is 0 Å². The second kappa shape index (κ2) is 5.35. The van der Waals surface area contributed by atoms with Gasteiger partial charge in [0, 0.05) is 5.39 Å². The molecular formula is C16H9F3O4. The van der Waals surface area contributed by atoms with Gasteiger partial charge in [-0.1, -0.05) is 24.3 Å². The lowest BCUT2D eigenvalue weighted by molar-refractivity contribution is -0.274. The third-order valence-corrected chi connectivity index (χ3v) is 3.13. The molecule has 1 aromatic heterocycles. The van der Waals surface area contributed by atoms with Gasteiger partial charge in [0.05, 0.1) is 0 Å². The van der Waals surface area contributed by atoms with Gasteiger partial charge in [-0.15, -0.1) is 13.2 Å². The van der Waals surface area contributed by atoms with Crippen LogP contribution in [0.2, 0.25) is 0 Å². The molecule has 0 atom stereocenters. The van der Waals surface area contributed by atoms with Crippen molar-refractivity contribution in [2.75, 3.05) is 0 Å². The summed E-state index contributed by atoms with van der Waals surface area (Å²) in [6, 6.07) is 11.7. The van der Waals surface area contributed by atoms with Gasteiger partial charge in [-0.3, -0.25) is 0 Å². The number of ether oxygens (including phenoxy) is 1. The van der Waals surface area contributed by atoms with Crippen molar-refractivity contribution in [2.24, 2.45) is 0 Å². The molecule has 0 aliphatic rings. The molecule has 0 amide bonds. The molecule has 2 aromatic carbocycles. The summed E-state index contributed by atoms with van der Waals surface area (Å²) < 4.78 is 45.9. The molecule has 7 heteroatoms. The lowest BCUT2D eigenvalue weighted by Gasteiger charge is -2.10. The Bertz CT molecular complexity index is 880. The van der Waals surface area contributed by atoms with Crippen LogP contribution in [0.3, 0.4) is 0 Å². The number of furan rings is 1. The van der Waals surface area contributed by atoms with Gasteiger partial charge in [0.2, 0.25) is 5.76 Å². The average molecular weight is 322 g/mol. The van der Waals surface area contributed by atoms with Crippen LogP contribution in [0.1, 0.15) is 10.6 Å². The van der Waals surface area contributed by atoms with Crippen LogP contribution in [-0.4, -0.2) is 17.4 Å². The van der Waals surface area contributed by atoms with E-state index in [9.17, 15) is 18.0 Å². The number of rotatable bonds is 3. The van der Waals surface area contributed by atoms with Crippen LogP contribution in [0.25, 0.3) is 22.1 Å². The van der Waals surface area contributed by atoms with Crippen molar-refractivity contribution < 1.29 is 32.2 Å². The van der Waals surface area contributed by atoms with E-state index in [-0.39, 0.29) is 11.5 Å². The maximum atomic E-state index is 12.3. The summed E-state index contributed by atoms with van der Waals surface area (Å²) in [7, 11) is 0. The first-order valence-corrected chi connectivity index (χ1v) is 6.45. The summed E-state index contributed by atoms with van der Waals surface area (Å²) in [5.41, 5.74) is 1.40.